The summed E-state index contributed by atoms with van der Waals surface area (Å²) >= 11 is 0. The van der Waals surface area contributed by atoms with Crippen molar-refractivity contribution < 1.29 is 32.9 Å². The molecule has 0 aromatic heterocycles. The van der Waals surface area contributed by atoms with Crippen molar-refractivity contribution in [3.63, 3.8) is 0 Å². The van der Waals surface area contributed by atoms with Gasteiger partial charge in [0.2, 0.25) is 5.91 Å². The molecule has 0 bridgehead atoms. The second-order valence-corrected chi connectivity index (χ2v) is 25.6. The average Bonchev–Trinajstić information content (AvgIpc) is 3.39. The summed E-state index contributed by atoms with van der Waals surface area (Å²) in [6.45, 7) is 4.81. The highest BCUT2D eigenvalue weighted by molar-refractivity contribution is 7.47. The standard InChI is InChI=1S/C68H131N2O6P/c1-6-8-10-12-14-16-18-20-22-23-24-25-26-27-28-29-30-31-32-33-34-35-36-37-38-39-40-41-42-43-44-45-46-47-48-50-52-54-56-58-60-62-68(72)69-66(65-76-77(73,74)75-64-63-70(3,4)5)67(71)61-59-57-55-53-51-49-21-19-17-15-13-11-9-7-2/h8,10,14,16,20,22,24-25,66-67,71H,6-7,9,11-13,15,17-19,21,23,26-65H2,1-5H3,(H-,69,72,73,74)/p+1/b10-8-,16-14-,22-20-,25-24-. The average molecular weight is 1100 g/mol. The lowest BCUT2D eigenvalue weighted by Gasteiger charge is -2.26. The van der Waals surface area contributed by atoms with Crippen LogP contribution in [0.1, 0.15) is 328 Å². The fourth-order valence-corrected chi connectivity index (χ4v) is 10.9. The molecule has 0 aliphatic heterocycles. The Kier molecular flexibility index (Phi) is 57.9. The summed E-state index contributed by atoms with van der Waals surface area (Å²) in [5, 5.41) is 14.1. The predicted octanol–water partition coefficient (Wildman–Crippen LogP) is 21.1. The van der Waals surface area contributed by atoms with Gasteiger partial charge in [0.15, 0.2) is 0 Å². The maximum atomic E-state index is 13.0. The molecule has 0 heterocycles. The quantitative estimate of drug-likeness (QED) is 0.0243. The molecule has 0 radical (unpaired) electrons. The lowest BCUT2D eigenvalue weighted by Crippen LogP contribution is -2.46. The molecule has 0 spiro atoms. The van der Waals surface area contributed by atoms with Gasteiger partial charge in [-0.3, -0.25) is 13.8 Å². The molecular weight excluding hydrogens is 972 g/mol. The van der Waals surface area contributed by atoms with Gasteiger partial charge >= 0.3 is 7.82 Å². The van der Waals surface area contributed by atoms with Crippen molar-refractivity contribution in [2.45, 2.75) is 341 Å². The predicted molar refractivity (Wildman–Crippen MR) is 337 cm³/mol. The Morgan fingerprint density at radius 2 is 0.779 bits per heavy atom. The van der Waals surface area contributed by atoms with E-state index in [2.05, 4.69) is 67.8 Å². The van der Waals surface area contributed by atoms with E-state index in [1.807, 2.05) is 21.1 Å². The van der Waals surface area contributed by atoms with Gasteiger partial charge in [-0.15, -0.1) is 0 Å². The normalized spacial score (nSPS) is 14.0. The molecule has 0 saturated heterocycles. The zero-order chi connectivity index (χ0) is 56.3. The second-order valence-electron chi connectivity index (χ2n) is 24.2. The summed E-state index contributed by atoms with van der Waals surface area (Å²) in [6.07, 6.45) is 79.4. The van der Waals surface area contributed by atoms with Crippen LogP contribution in [-0.4, -0.2) is 73.4 Å². The third kappa shape index (κ3) is 61.9. The summed E-state index contributed by atoms with van der Waals surface area (Å²) in [5.41, 5.74) is 0. The molecule has 454 valence electrons. The van der Waals surface area contributed by atoms with Crippen LogP contribution < -0.4 is 5.32 Å². The maximum Gasteiger partial charge on any atom is 0.472 e. The molecule has 77 heavy (non-hydrogen) atoms. The van der Waals surface area contributed by atoms with Gasteiger partial charge in [-0.25, -0.2) is 4.57 Å². The number of phosphoric ester groups is 1. The molecule has 9 heteroatoms. The number of aliphatic hydroxyl groups excluding tert-OH is 1. The van der Waals surface area contributed by atoms with Gasteiger partial charge in [-0.1, -0.05) is 319 Å². The molecule has 8 nitrogen and oxygen atoms in total. The minimum absolute atomic E-state index is 0.0770. The summed E-state index contributed by atoms with van der Waals surface area (Å²) in [7, 11) is 1.63. The number of rotatable bonds is 62. The largest absolute Gasteiger partial charge is 0.472 e. The van der Waals surface area contributed by atoms with Crippen molar-refractivity contribution >= 4 is 13.7 Å². The zero-order valence-electron chi connectivity index (χ0n) is 52.0. The van der Waals surface area contributed by atoms with Crippen molar-refractivity contribution in [3.8, 4) is 0 Å². The van der Waals surface area contributed by atoms with Gasteiger partial charge < -0.3 is 19.8 Å². The highest BCUT2D eigenvalue weighted by Gasteiger charge is 2.28. The van der Waals surface area contributed by atoms with Crippen molar-refractivity contribution in [2.24, 2.45) is 0 Å². The number of phosphoric acid groups is 1. The topological polar surface area (TPSA) is 105 Å². The van der Waals surface area contributed by atoms with Crippen molar-refractivity contribution in [1.29, 1.82) is 0 Å². The molecule has 0 aliphatic rings. The van der Waals surface area contributed by atoms with Gasteiger partial charge in [-0.05, 0) is 51.4 Å². The van der Waals surface area contributed by atoms with E-state index in [1.54, 1.807) is 0 Å². The number of nitrogens with one attached hydrogen (secondary N) is 1. The molecule has 3 unspecified atom stereocenters. The third-order valence-corrected chi connectivity index (χ3v) is 16.3. The smallest absolute Gasteiger partial charge is 0.391 e. The lowest BCUT2D eigenvalue weighted by molar-refractivity contribution is -0.870. The van der Waals surface area contributed by atoms with Crippen LogP contribution in [0.5, 0.6) is 0 Å². The number of unbranched alkanes of at least 4 members (excludes halogenated alkanes) is 41. The van der Waals surface area contributed by atoms with Crippen molar-refractivity contribution in [1.82, 2.24) is 5.32 Å². The SMILES string of the molecule is CC/C=C\C/C=C\C/C=C\C/C=C\CCCCCCCCCCCCCCCCCCCCCCCCCCCCCCC(=O)NC(COP(=O)(O)OCC[N+](C)(C)C)C(O)CCCCCCCCCCCCCCCC. The number of carbonyl (C=O) groups excluding carboxylic acids is 1. The molecule has 0 saturated carbocycles. The minimum Gasteiger partial charge on any atom is -0.391 e. The number of aliphatic hydroxyl groups is 1. The van der Waals surface area contributed by atoms with E-state index in [0.717, 1.165) is 64.2 Å². The Bertz CT molecular complexity index is 1390. The van der Waals surface area contributed by atoms with E-state index < -0.39 is 20.0 Å². The van der Waals surface area contributed by atoms with Crippen LogP contribution >= 0.6 is 7.82 Å². The van der Waals surface area contributed by atoms with Crippen molar-refractivity contribution in [2.75, 3.05) is 40.9 Å². The first-order chi connectivity index (χ1) is 37.5. The highest BCUT2D eigenvalue weighted by atomic mass is 31.2. The minimum atomic E-state index is -4.32. The third-order valence-electron chi connectivity index (χ3n) is 15.3. The molecule has 3 atom stereocenters. The molecular formula is C68H132N2O6P+. The number of likely N-dealkylation sites (N-methyl/N-ethyl adjacent to an activating group) is 1. The maximum absolute atomic E-state index is 13.0. The van der Waals surface area contributed by atoms with Crippen LogP contribution in [-0.2, 0) is 18.4 Å². The zero-order valence-corrected chi connectivity index (χ0v) is 52.9. The first-order valence-electron chi connectivity index (χ1n) is 33.5. The van der Waals surface area contributed by atoms with Crippen LogP contribution in [0.25, 0.3) is 0 Å². The number of nitrogens with zero attached hydrogens (tertiary/aromatic N) is 1. The Labute approximate surface area is 479 Å². The van der Waals surface area contributed by atoms with Crippen LogP contribution in [0, 0.1) is 0 Å². The summed E-state index contributed by atoms with van der Waals surface area (Å²) in [6, 6.07) is -0.758. The Balaban J connectivity index is 3.82. The van der Waals surface area contributed by atoms with E-state index in [-0.39, 0.29) is 19.1 Å². The number of allylic oxidation sites excluding steroid dienone is 8. The Hall–Kier alpha value is -1.54. The van der Waals surface area contributed by atoms with Gasteiger partial charge in [0.25, 0.3) is 0 Å². The first kappa shape index (κ1) is 75.5. The molecule has 1 amide bonds. The lowest BCUT2D eigenvalue weighted by atomic mass is 10.0. The van der Waals surface area contributed by atoms with E-state index in [9.17, 15) is 19.4 Å². The number of carbonyl (C=O) groups is 1. The Morgan fingerprint density at radius 1 is 0.455 bits per heavy atom. The molecule has 0 fully saturated rings. The second kappa shape index (κ2) is 59.1. The fraction of sp³-hybridized carbons (Fsp3) is 0.868. The van der Waals surface area contributed by atoms with Gasteiger partial charge in [-0.2, -0.15) is 0 Å². The number of hydrogen-bond donors (Lipinski definition) is 3. The summed E-state index contributed by atoms with van der Waals surface area (Å²) in [4.78, 5) is 23.4. The molecule has 0 aromatic rings. The van der Waals surface area contributed by atoms with E-state index in [4.69, 9.17) is 9.05 Å². The highest BCUT2D eigenvalue weighted by Crippen LogP contribution is 2.43. The van der Waals surface area contributed by atoms with Crippen LogP contribution in [0.2, 0.25) is 0 Å². The van der Waals surface area contributed by atoms with Gasteiger partial charge in [0.05, 0.1) is 39.9 Å². The van der Waals surface area contributed by atoms with E-state index in [0.29, 0.717) is 23.9 Å². The molecule has 0 aromatic carbocycles. The van der Waals surface area contributed by atoms with Crippen LogP contribution in [0.4, 0.5) is 0 Å². The van der Waals surface area contributed by atoms with Gasteiger partial charge in [0.1, 0.15) is 13.2 Å². The number of hydrogen-bond acceptors (Lipinski definition) is 5. The van der Waals surface area contributed by atoms with E-state index in [1.165, 1.54) is 238 Å². The summed E-state index contributed by atoms with van der Waals surface area (Å²) in [5.74, 6) is -0.138. The number of quaternary nitrogens is 1. The van der Waals surface area contributed by atoms with Crippen molar-refractivity contribution in [3.05, 3.63) is 48.6 Å². The van der Waals surface area contributed by atoms with Crippen LogP contribution in [0.15, 0.2) is 48.6 Å². The fourth-order valence-electron chi connectivity index (χ4n) is 10.2. The Morgan fingerprint density at radius 3 is 1.14 bits per heavy atom. The molecule has 0 aliphatic carbocycles. The first-order valence-corrected chi connectivity index (χ1v) is 35.0. The van der Waals surface area contributed by atoms with Crippen LogP contribution in [0.3, 0.4) is 0 Å². The van der Waals surface area contributed by atoms with Gasteiger partial charge in [0, 0.05) is 6.42 Å². The monoisotopic (exact) mass is 1100 g/mol. The summed E-state index contributed by atoms with van der Waals surface area (Å²) < 4.78 is 23.8. The van der Waals surface area contributed by atoms with E-state index >= 15 is 0 Å². The number of amides is 1. The molecule has 3 N–H and O–H groups in total. The molecule has 0 rings (SSSR count).